The van der Waals surface area contributed by atoms with Crippen LogP contribution in [0.3, 0.4) is 0 Å². The van der Waals surface area contributed by atoms with Gasteiger partial charge < -0.3 is 15.2 Å². The van der Waals surface area contributed by atoms with E-state index in [2.05, 4.69) is 5.32 Å². The lowest BCUT2D eigenvalue weighted by Gasteiger charge is -2.38. The van der Waals surface area contributed by atoms with Crippen molar-refractivity contribution in [3.05, 3.63) is 0 Å². The van der Waals surface area contributed by atoms with Crippen molar-refractivity contribution in [2.45, 2.75) is 57.8 Å². The second kappa shape index (κ2) is 3.22. The van der Waals surface area contributed by atoms with Gasteiger partial charge in [-0.2, -0.15) is 0 Å². The van der Waals surface area contributed by atoms with Crippen LogP contribution < -0.4 is 5.32 Å². The fourth-order valence-electron chi connectivity index (χ4n) is 3.56. The molecule has 0 aromatic heterocycles. The second-order valence-corrected chi connectivity index (χ2v) is 6.22. The molecule has 2 saturated heterocycles. The van der Waals surface area contributed by atoms with Gasteiger partial charge in [-0.3, -0.25) is 4.79 Å². The molecule has 5 heteroatoms. The van der Waals surface area contributed by atoms with E-state index in [1.54, 1.807) is 0 Å². The van der Waals surface area contributed by atoms with Gasteiger partial charge in [0.15, 0.2) is 0 Å². The van der Waals surface area contributed by atoms with E-state index >= 15 is 0 Å². The summed E-state index contributed by atoms with van der Waals surface area (Å²) in [5.74, 6) is -1.18. The smallest absolute Gasteiger partial charge is 0.326 e. The van der Waals surface area contributed by atoms with Crippen molar-refractivity contribution in [3.8, 4) is 0 Å². The fourth-order valence-corrected chi connectivity index (χ4v) is 3.56. The number of hydrogen-bond acceptors (Lipinski definition) is 3. The molecule has 0 saturated carbocycles. The summed E-state index contributed by atoms with van der Waals surface area (Å²) in [6.07, 6.45) is 0.795. The molecule has 2 aliphatic rings. The molecule has 0 bridgehead atoms. The summed E-state index contributed by atoms with van der Waals surface area (Å²) in [5.41, 5.74) is -1.68. The summed E-state index contributed by atoms with van der Waals surface area (Å²) >= 11 is 0. The van der Waals surface area contributed by atoms with Crippen molar-refractivity contribution in [2.75, 3.05) is 0 Å². The van der Waals surface area contributed by atoms with Crippen molar-refractivity contribution in [2.24, 2.45) is 5.41 Å². The standard InChI is InChI=1S/C12H19NO4/c1-10(2)6-12(11(3,4)17-10)5-7(14)13-8(12)9(15)16/h8H,5-6H2,1-4H3,(H,13,14)(H,15,16). The van der Waals surface area contributed by atoms with E-state index in [1.165, 1.54) is 0 Å². The number of carbonyl (C=O) groups excluding carboxylic acids is 1. The molecule has 1 spiro atoms. The number of amides is 1. The summed E-state index contributed by atoms with van der Waals surface area (Å²) in [5, 5.41) is 11.8. The van der Waals surface area contributed by atoms with Crippen molar-refractivity contribution in [3.63, 3.8) is 0 Å². The number of aliphatic carboxylic acids is 1. The summed E-state index contributed by atoms with van der Waals surface area (Å²) in [6, 6.07) is -0.855. The molecular weight excluding hydrogens is 222 g/mol. The van der Waals surface area contributed by atoms with Crippen LogP contribution in [0.15, 0.2) is 0 Å². The van der Waals surface area contributed by atoms with E-state index in [0.717, 1.165) is 0 Å². The maximum atomic E-state index is 11.6. The van der Waals surface area contributed by atoms with Crippen molar-refractivity contribution >= 4 is 11.9 Å². The van der Waals surface area contributed by atoms with E-state index in [0.29, 0.717) is 6.42 Å². The van der Waals surface area contributed by atoms with Gasteiger partial charge in [-0.05, 0) is 34.1 Å². The molecule has 17 heavy (non-hydrogen) atoms. The zero-order chi connectivity index (χ0) is 13.1. The highest BCUT2D eigenvalue weighted by atomic mass is 16.5. The molecule has 2 atom stereocenters. The average molecular weight is 241 g/mol. The Balaban J connectivity index is 2.47. The van der Waals surface area contributed by atoms with E-state index in [-0.39, 0.29) is 12.3 Å². The first kappa shape index (κ1) is 12.4. The van der Waals surface area contributed by atoms with E-state index in [1.807, 2.05) is 27.7 Å². The van der Waals surface area contributed by atoms with Crippen molar-refractivity contribution in [1.82, 2.24) is 5.32 Å². The molecule has 96 valence electrons. The number of hydrogen-bond donors (Lipinski definition) is 2. The predicted molar refractivity (Wildman–Crippen MR) is 60.5 cm³/mol. The fraction of sp³-hybridized carbons (Fsp3) is 0.833. The SMILES string of the molecule is CC1(C)CC2(CC(=O)NC2C(=O)O)C(C)(C)O1. The molecule has 2 aliphatic heterocycles. The summed E-state index contributed by atoms with van der Waals surface area (Å²) in [7, 11) is 0. The van der Waals surface area contributed by atoms with Crippen LogP contribution >= 0.6 is 0 Å². The zero-order valence-electron chi connectivity index (χ0n) is 10.7. The van der Waals surface area contributed by atoms with Gasteiger partial charge in [-0.15, -0.1) is 0 Å². The van der Waals surface area contributed by atoms with Crippen LogP contribution in [0.1, 0.15) is 40.5 Å². The molecule has 2 heterocycles. The predicted octanol–water partition coefficient (Wildman–Crippen LogP) is 0.923. The highest BCUT2D eigenvalue weighted by Crippen LogP contribution is 2.56. The third kappa shape index (κ3) is 1.64. The zero-order valence-corrected chi connectivity index (χ0v) is 10.7. The third-order valence-corrected chi connectivity index (χ3v) is 4.05. The number of ether oxygens (including phenoxy) is 1. The Labute approximate surface area is 101 Å². The molecule has 2 unspecified atom stereocenters. The van der Waals surface area contributed by atoms with Gasteiger partial charge in [-0.1, -0.05) is 0 Å². The summed E-state index contributed by atoms with van der Waals surface area (Å²) in [4.78, 5) is 22.9. The minimum absolute atomic E-state index is 0.202. The summed E-state index contributed by atoms with van der Waals surface area (Å²) in [6.45, 7) is 7.62. The maximum absolute atomic E-state index is 11.6. The largest absolute Gasteiger partial charge is 0.480 e. The average Bonchev–Trinajstić information content (AvgIpc) is 2.48. The number of nitrogens with one attached hydrogen (secondary N) is 1. The van der Waals surface area contributed by atoms with Crippen molar-refractivity contribution < 1.29 is 19.4 Å². The molecule has 0 aromatic rings. The van der Waals surface area contributed by atoms with Crippen LogP contribution in [0.5, 0.6) is 0 Å². The Kier molecular flexibility index (Phi) is 2.34. The molecule has 5 nitrogen and oxygen atoms in total. The van der Waals surface area contributed by atoms with Gasteiger partial charge in [0, 0.05) is 11.8 Å². The Hall–Kier alpha value is -1.10. The Morgan fingerprint density at radius 2 is 2.00 bits per heavy atom. The Morgan fingerprint density at radius 1 is 1.41 bits per heavy atom. The molecule has 0 aliphatic carbocycles. The van der Waals surface area contributed by atoms with Gasteiger partial charge >= 0.3 is 5.97 Å². The lowest BCUT2D eigenvalue weighted by molar-refractivity contribution is -0.147. The van der Waals surface area contributed by atoms with Gasteiger partial charge in [-0.25, -0.2) is 4.79 Å². The molecule has 2 fully saturated rings. The van der Waals surface area contributed by atoms with Gasteiger partial charge in [0.2, 0.25) is 5.91 Å². The van der Waals surface area contributed by atoms with E-state index in [4.69, 9.17) is 4.74 Å². The summed E-state index contributed by atoms with van der Waals surface area (Å²) < 4.78 is 5.95. The number of carboxylic acid groups (broad SMARTS) is 1. The molecule has 0 aromatic carbocycles. The van der Waals surface area contributed by atoms with Crippen LogP contribution in [0.2, 0.25) is 0 Å². The van der Waals surface area contributed by atoms with Gasteiger partial charge in [0.05, 0.1) is 11.2 Å². The van der Waals surface area contributed by atoms with E-state index < -0.39 is 28.6 Å². The number of rotatable bonds is 1. The van der Waals surface area contributed by atoms with Gasteiger partial charge in [0.1, 0.15) is 6.04 Å². The lowest BCUT2D eigenvalue weighted by atomic mass is 9.66. The topological polar surface area (TPSA) is 75.6 Å². The lowest BCUT2D eigenvalue weighted by Crippen LogP contribution is -2.52. The molecule has 2 rings (SSSR count). The van der Waals surface area contributed by atoms with E-state index in [9.17, 15) is 14.7 Å². The minimum Gasteiger partial charge on any atom is -0.480 e. The molecular formula is C12H19NO4. The first-order valence-electron chi connectivity index (χ1n) is 5.82. The van der Waals surface area contributed by atoms with Crippen LogP contribution in [-0.4, -0.2) is 34.2 Å². The minimum atomic E-state index is -0.981. The Bertz CT molecular complexity index is 388. The van der Waals surface area contributed by atoms with Crippen molar-refractivity contribution in [1.29, 1.82) is 0 Å². The number of carboxylic acids is 1. The normalized spacial score (nSPS) is 38.4. The quantitative estimate of drug-likeness (QED) is 0.716. The maximum Gasteiger partial charge on any atom is 0.326 e. The third-order valence-electron chi connectivity index (χ3n) is 4.05. The first-order chi connectivity index (χ1) is 7.60. The monoisotopic (exact) mass is 241 g/mol. The molecule has 0 radical (unpaired) electrons. The first-order valence-corrected chi connectivity index (χ1v) is 5.82. The van der Waals surface area contributed by atoms with Crippen LogP contribution in [0.25, 0.3) is 0 Å². The molecule has 1 amide bonds. The van der Waals surface area contributed by atoms with Crippen LogP contribution in [0, 0.1) is 5.41 Å². The number of carbonyl (C=O) groups is 2. The second-order valence-electron chi connectivity index (χ2n) is 6.22. The highest BCUT2D eigenvalue weighted by Gasteiger charge is 2.66. The Morgan fingerprint density at radius 3 is 2.41 bits per heavy atom. The van der Waals surface area contributed by atoms with Gasteiger partial charge in [0.25, 0.3) is 0 Å². The van der Waals surface area contributed by atoms with Crippen LogP contribution in [0.4, 0.5) is 0 Å². The van der Waals surface area contributed by atoms with Crippen LogP contribution in [-0.2, 0) is 14.3 Å². The highest BCUT2D eigenvalue weighted by molar-refractivity contribution is 5.89. The molecule has 2 N–H and O–H groups in total.